The number of hydrogen-bond acceptors (Lipinski definition) is 6. The predicted octanol–water partition coefficient (Wildman–Crippen LogP) is 3.30. The standard InChI is InChI=1S/C27H36N4O6/c1-17-8-7-9-18(16-17)23(24(33)29-19-10-12-20(36-6)13-11-19)31(5)25(34)21(14-15-22(28)32)30-26(35)37-27(2,3)4/h7-13,16,21,23H,14-15H2,1-6H3,(H2,28,32)(H,29,33)(H,30,35). The van der Waals surface area contributed by atoms with E-state index in [1.165, 1.54) is 11.9 Å². The third kappa shape index (κ3) is 9.14. The van der Waals surface area contributed by atoms with E-state index in [4.69, 9.17) is 15.2 Å². The van der Waals surface area contributed by atoms with Crippen molar-refractivity contribution in [2.75, 3.05) is 19.5 Å². The van der Waals surface area contributed by atoms with E-state index in [1.807, 2.05) is 19.1 Å². The molecule has 0 spiro atoms. The third-order valence-corrected chi connectivity index (χ3v) is 5.37. The van der Waals surface area contributed by atoms with Gasteiger partial charge in [-0.3, -0.25) is 14.4 Å². The zero-order valence-corrected chi connectivity index (χ0v) is 22.2. The van der Waals surface area contributed by atoms with Crippen molar-refractivity contribution in [3.63, 3.8) is 0 Å². The first-order chi connectivity index (χ1) is 17.3. The van der Waals surface area contributed by atoms with Crippen LogP contribution < -0.4 is 21.1 Å². The summed E-state index contributed by atoms with van der Waals surface area (Å²) in [7, 11) is 3.01. The molecule has 10 heteroatoms. The lowest BCUT2D eigenvalue weighted by atomic mass is 10.0. The number of nitrogens with two attached hydrogens (primary N) is 1. The molecule has 0 aliphatic carbocycles. The number of ether oxygens (including phenoxy) is 2. The Kier molecular flexibility index (Phi) is 10.0. The first kappa shape index (κ1) is 29.2. The number of likely N-dealkylation sites (N-methyl/N-ethyl adjacent to an activating group) is 1. The summed E-state index contributed by atoms with van der Waals surface area (Å²) in [5.74, 6) is -1.04. The molecule has 0 saturated carbocycles. The van der Waals surface area contributed by atoms with Crippen LogP contribution in [0.5, 0.6) is 5.75 Å². The normalized spacial score (nSPS) is 12.6. The molecule has 0 heterocycles. The minimum absolute atomic E-state index is 0.0572. The SMILES string of the molecule is COc1ccc(NC(=O)C(c2cccc(C)c2)N(C)C(=O)C(CCC(N)=O)NC(=O)OC(C)(C)C)cc1. The number of benzene rings is 2. The first-order valence-corrected chi connectivity index (χ1v) is 11.9. The maximum atomic E-state index is 13.6. The predicted molar refractivity (Wildman–Crippen MR) is 140 cm³/mol. The Bertz CT molecular complexity index is 1110. The fourth-order valence-corrected chi connectivity index (χ4v) is 3.64. The Labute approximate surface area is 217 Å². The Morgan fingerprint density at radius 1 is 1.05 bits per heavy atom. The van der Waals surface area contributed by atoms with Crippen LogP contribution in [0.25, 0.3) is 0 Å². The minimum atomic E-state index is -1.14. The molecule has 0 saturated heterocycles. The van der Waals surface area contributed by atoms with Gasteiger partial charge in [-0.2, -0.15) is 0 Å². The number of amides is 4. The molecule has 10 nitrogen and oxygen atoms in total. The molecule has 0 fully saturated rings. The molecule has 200 valence electrons. The maximum Gasteiger partial charge on any atom is 0.408 e. The molecule has 2 rings (SSSR count). The number of hydrogen-bond donors (Lipinski definition) is 3. The van der Waals surface area contributed by atoms with Gasteiger partial charge in [0.25, 0.3) is 5.91 Å². The number of carbonyl (C=O) groups is 4. The number of carbonyl (C=O) groups excluding carboxylic acids is 4. The van der Waals surface area contributed by atoms with Crippen molar-refractivity contribution in [2.45, 2.75) is 58.2 Å². The number of anilines is 1. The molecular formula is C27H36N4O6. The largest absolute Gasteiger partial charge is 0.497 e. The van der Waals surface area contributed by atoms with E-state index < -0.39 is 41.5 Å². The van der Waals surface area contributed by atoms with Gasteiger partial charge in [-0.1, -0.05) is 29.8 Å². The van der Waals surface area contributed by atoms with Gasteiger partial charge >= 0.3 is 6.09 Å². The first-order valence-electron chi connectivity index (χ1n) is 11.9. The fourth-order valence-electron chi connectivity index (χ4n) is 3.64. The lowest BCUT2D eigenvalue weighted by molar-refractivity contribution is -0.139. The summed E-state index contributed by atoms with van der Waals surface area (Å²) in [6.45, 7) is 6.95. The van der Waals surface area contributed by atoms with Crippen molar-refractivity contribution in [1.29, 1.82) is 0 Å². The monoisotopic (exact) mass is 512 g/mol. The van der Waals surface area contributed by atoms with Crippen molar-refractivity contribution in [3.05, 3.63) is 59.7 Å². The van der Waals surface area contributed by atoms with Gasteiger partial charge in [0.05, 0.1) is 7.11 Å². The van der Waals surface area contributed by atoms with Crippen molar-refractivity contribution < 1.29 is 28.7 Å². The highest BCUT2D eigenvalue weighted by atomic mass is 16.6. The highest BCUT2D eigenvalue weighted by molar-refractivity contribution is 5.99. The molecule has 2 unspecified atom stereocenters. The molecule has 4 amide bonds. The second-order valence-electron chi connectivity index (χ2n) is 9.69. The van der Waals surface area contributed by atoms with E-state index in [0.717, 1.165) is 5.56 Å². The topological polar surface area (TPSA) is 140 Å². The van der Waals surface area contributed by atoms with Crippen LogP contribution in [-0.4, -0.2) is 54.5 Å². The fraction of sp³-hybridized carbons (Fsp3) is 0.407. The lowest BCUT2D eigenvalue weighted by Gasteiger charge is -2.31. The summed E-state index contributed by atoms with van der Waals surface area (Å²) >= 11 is 0. The minimum Gasteiger partial charge on any atom is -0.497 e. The van der Waals surface area contributed by atoms with Crippen molar-refractivity contribution >= 4 is 29.5 Å². The summed E-state index contributed by atoms with van der Waals surface area (Å²) in [4.78, 5) is 52.2. The number of rotatable bonds is 10. The zero-order chi connectivity index (χ0) is 27.8. The maximum absolute atomic E-state index is 13.6. The van der Waals surface area contributed by atoms with Crippen LogP contribution in [0.15, 0.2) is 48.5 Å². The van der Waals surface area contributed by atoms with Crippen molar-refractivity contribution in [1.82, 2.24) is 10.2 Å². The Balaban J connectivity index is 2.37. The van der Waals surface area contributed by atoms with Gasteiger partial charge in [-0.15, -0.1) is 0 Å². The van der Waals surface area contributed by atoms with Gasteiger partial charge < -0.3 is 30.7 Å². The average molecular weight is 513 g/mol. The average Bonchev–Trinajstić information content (AvgIpc) is 2.80. The Morgan fingerprint density at radius 3 is 2.24 bits per heavy atom. The van der Waals surface area contributed by atoms with E-state index in [9.17, 15) is 19.2 Å². The quantitative estimate of drug-likeness (QED) is 0.446. The van der Waals surface area contributed by atoms with E-state index in [-0.39, 0.29) is 12.8 Å². The van der Waals surface area contributed by atoms with Gasteiger partial charge in [0, 0.05) is 19.2 Å². The van der Waals surface area contributed by atoms with E-state index in [1.54, 1.807) is 64.3 Å². The van der Waals surface area contributed by atoms with E-state index in [2.05, 4.69) is 10.6 Å². The highest BCUT2D eigenvalue weighted by Crippen LogP contribution is 2.25. The zero-order valence-electron chi connectivity index (χ0n) is 22.2. The van der Waals surface area contributed by atoms with Crippen LogP contribution in [0.2, 0.25) is 0 Å². The Hall–Kier alpha value is -4.08. The number of aryl methyl sites for hydroxylation is 1. The molecule has 0 aliphatic rings. The lowest BCUT2D eigenvalue weighted by Crippen LogP contribution is -2.51. The van der Waals surface area contributed by atoms with Crippen molar-refractivity contribution in [2.24, 2.45) is 5.73 Å². The molecule has 2 aromatic carbocycles. The van der Waals surface area contributed by atoms with Gasteiger partial charge in [0.2, 0.25) is 11.8 Å². The molecule has 0 bridgehead atoms. The number of nitrogens with zero attached hydrogens (tertiary/aromatic N) is 1. The smallest absolute Gasteiger partial charge is 0.408 e. The highest BCUT2D eigenvalue weighted by Gasteiger charge is 2.34. The number of primary amides is 1. The van der Waals surface area contributed by atoms with Gasteiger partial charge in [-0.05, 0) is 63.9 Å². The summed E-state index contributed by atoms with van der Waals surface area (Å²) < 4.78 is 10.4. The number of nitrogens with one attached hydrogen (secondary N) is 2. The third-order valence-electron chi connectivity index (χ3n) is 5.37. The second-order valence-corrected chi connectivity index (χ2v) is 9.69. The molecule has 4 N–H and O–H groups in total. The summed E-state index contributed by atoms with van der Waals surface area (Å²) in [5.41, 5.74) is 6.49. The van der Waals surface area contributed by atoms with Crippen LogP contribution in [0, 0.1) is 6.92 Å². The van der Waals surface area contributed by atoms with Crippen LogP contribution in [-0.2, 0) is 19.1 Å². The molecule has 0 radical (unpaired) electrons. The van der Waals surface area contributed by atoms with Gasteiger partial charge in [0.15, 0.2) is 0 Å². The van der Waals surface area contributed by atoms with Crippen LogP contribution >= 0.6 is 0 Å². The Morgan fingerprint density at radius 2 is 1.70 bits per heavy atom. The van der Waals surface area contributed by atoms with E-state index in [0.29, 0.717) is 17.0 Å². The number of methoxy groups -OCH3 is 1. The molecule has 37 heavy (non-hydrogen) atoms. The molecule has 0 aromatic heterocycles. The molecular weight excluding hydrogens is 476 g/mol. The van der Waals surface area contributed by atoms with E-state index >= 15 is 0 Å². The van der Waals surface area contributed by atoms with Crippen LogP contribution in [0.1, 0.15) is 50.8 Å². The molecule has 2 atom stereocenters. The molecule has 2 aromatic rings. The van der Waals surface area contributed by atoms with Crippen LogP contribution in [0.4, 0.5) is 10.5 Å². The summed E-state index contributed by atoms with van der Waals surface area (Å²) in [6.07, 6.45) is -1.02. The second kappa shape index (κ2) is 12.8. The summed E-state index contributed by atoms with van der Waals surface area (Å²) in [5, 5.41) is 5.36. The summed E-state index contributed by atoms with van der Waals surface area (Å²) in [6, 6.07) is 11.8. The van der Waals surface area contributed by atoms with Gasteiger partial charge in [0.1, 0.15) is 23.4 Å². The number of alkyl carbamates (subject to hydrolysis) is 1. The van der Waals surface area contributed by atoms with Crippen molar-refractivity contribution in [3.8, 4) is 5.75 Å². The molecule has 0 aliphatic heterocycles. The van der Waals surface area contributed by atoms with Crippen LogP contribution in [0.3, 0.4) is 0 Å². The van der Waals surface area contributed by atoms with Gasteiger partial charge in [-0.25, -0.2) is 4.79 Å².